The summed E-state index contributed by atoms with van der Waals surface area (Å²) in [6, 6.07) is 0. The van der Waals surface area contributed by atoms with E-state index in [0.29, 0.717) is 0 Å². The highest BCUT2D eigenvalue weighted by Gasteiger charge is 3.03. The summed E-state index contributed by atoms with van der Waals surface area (Å²) in [5, 5.41) is 17.1. The minimum absolute atomic E-state index is 0.712. The molecule has 0 spiro atoms. The topological polar surface area (TPSA) is 88.5 Å². The molecule has 0 heterocycles. The summed E-state index contributed by atoms with van der Waals surface area (Å²) >= 11 is 0. The Bertz CT molecular complexity index is 2700. The number of aliphatic hydroxyl groups is 2. The van der Waals surface area contributed by atoms with Crippen LogP contribution in [-0.2, 0) is 18.2 Å². The molecule has 0 rings (SSSR count). The van der Waals surface area contributed by atoms with Gasteiger partial charge in [-0.05, 0) is 0 Å². The van der Waals surface area contributed by atoms with E-state index in [9.17, 15) is 242 Å². The number of alkyl halides is 54. The third-order valence-electron chi connectivity index (χ3n) is 11.8. The summed E-state index contributed by atoms with van der Waals surface area (Å²) in [6.07, 6.45) is -25.6. The van der Waals surface area contributed by atoms with Gasteiger partial charge in [-0.15, -0.1) is 0 Å². The third-order valence-corrected chi connectivity index (χ3v) is 13.2. The van der Waals surface area contributed by atoms with E-state index in [4.69, 9.17) is 10.2 Å². The summed E-state index contributed by atoms with van der Waals surface area (Å²) in [5.74, 6) is -233. The second-order valence-corrected chi connectivity index (χ2v) is 19.7. The monoisotopic (exact) mass is 1590 g/mol. The molecule has 0 aliphatic carbocycles. The first-order chi connectivity index (χ1) is 40.9. The Labute approximate surface area is 486 Å². The van der Waals surface area contributed by atoms with E-state index in [1.807, 2.05) is 0 Å². The van der Waals surface area contributed by atoms with Crippen molar-refractivity contribution in [1.29, 1.82) is 0 Å². The Kier molecular flexibility index (Phi) is 24.0. The molecule has 1 unspecified atom stereocenters. The highest BCUT2D eigenvalue weighted by atomic mass is 31.2. The van der Waals surface area contributed by atoms with Gasteiger partial charge >= 0.3 is 162 Å². The van der Waals surface area contributed by atoms with Crippen LogP contribution in [0.25, 0.3) is 0 Å². The maximum atomic E-state index is 14.6. The van der Waals surface area contributed by atoms with Crippen LogP contribution < -0.4 is 0 Å². The molecule has 1 atom stereocenters. The number of halogens is 54. The van der Waals surface area contributed by atoms with Crippen LogP contribution in [0, 0.1) is 0 Å². The van der Waals surface area contributed by atoms with E-state index in [1.54, 1.807) is 0 Å². The molecule has 578 valence electrons. The number of nitrogens with zero attached hydrogens (tertiary/aromatic N) is 1. The van der Waals surface area contributed by atoms with Crippen molar-refractivity contribution >= 4 is 7.82 Å². The lowest BCUT2D eigenvalue weighted by molar-refractivity contribution is -0.487. The molecule has 0 radical (unpaired) electrons. The smallest absolute Gasteiger partial charge is 0.395 e. The van der Waals surface area contributed by atoms with Crippen molar-refractivity contribution in [1.82, 2.24) is 5.06 Å². The summed E-state index contributed by atoms with van der Waals surface area (Å²) in [7, 11) is -7.42. The average Bonchev–Trinajstić information content (AvgIpc) is 0.689. The van der Waals surface area contributed by atoms with Gasteiger partial charge in [-0.1, -0.05) is 0 Å². The highest BCUT2D eigenvalue weighted by Crippen LogP contribution is 2.72. The number of rotatable bonds is 36. The van der Waals surface area contributed by atoms with Crippen LogP contribution in [0.4, 0.5) is 237 Å². The van der Waals surface area contributed by atoms with Crippen molar-refractivity contribution in [2.75, 3.05) is 39.5 Å². The van der Waals surface area contributed by atoms with E-state index < -0.39 is 220 Å². The molecule has 96 heavy (non-hydrogen) atoms. The molecule has 7 nitrogen and oxygen atoms in total. The second-order valence-electron chi connectivity index (χ2n) is 18.1. The number of hydrogen-bond donors (Lipinski definition) is 2. The van der Waals surface area contributed by atoms with Crippen LogP contribution >= 0.6 is 7.82 Å². The van der Waals surface area contributed by atoms with Crippen molar-refractivity contribution < 1.29 is 266 Å². The van der Waals surface area contributed by atoms with Crippen molar-refractivity contribution in [3.05, 3.63) is 0 Å². The highest BCUT2D eigenvalue weighted by molar-refractivity contribution is 7.48. The summed E-state index contributed by atoms with van der Waals surface area (Å²) < 4.78 is 772. The summed E-state index contributed by atoms with van der Waals surface area (Å²) in [5.41, 5.74) is 0. The predicted molar refractivity (Wildman–Crippen MR) is 186 cm³/mol. The van der Waals surface area contributed by atoms with Gasteiger partial charge in [-0.25, -0.2) is 4.57 Å². The predicted octanol–water partition coefficient (Wildman–Crippen LogP) is 17.5. The Morgan fingerprint density at radius 3 is 0.500 bits per heavy atom. The zero-order valence-electron chi connectivity index (χ0n) is 42.5. The van der Waals surface area contributed by atoms with Crippen molar-refractivity contribution in [3.63, 3.8) is 0 Å². The molecular formula is C34H18F54NO6P. The normalized spacial score (nSPS) is 17.4. The van der Waals surface area contributed by atoms with Gasteiger partial charge < -0.3 is 10.2 Å². The number of hydrogen-bond acceptors (Lipinski definition) is 7. The molecule has 0 aromatic carbocycles. The van der Waals surface area contributed by atoms with Crippen LogP contribution in [0.5, 0.6) is 0 Å². The molecule has 0 amide bonds. The van der Waals surface area contributed by atoms with E-state index in [-0.39, 0.29) is 0 Å². The zero-order chi connectivity index (χ0) is 78.9. The van der Waals surface area contributed by atoms with Gasteiger partial charge in [0.2, 0.25) is 0 Å². The Morgan fingerprint density at radius 1 is 0.229 bits per heavy atom. The van der Waals surface area contributed by atoms with Crippen LogP contribution in [0.15, 0.2) is 0 Å². The number of phosphoric ester groups is 1. The fourth-order valence-electron chi connectivity index (χ4n) is 5.89. The standard InChI is InChI=1S/C34H18F54NO6P/c35-9(36,11(39,40)13(43,44)15(47,48)17(51,52)19(55,56)21(59,60)22(61,62)24(65,66)26(69,70)28(73,74)30(77,78)32(81,82)34(86,87)88)1-7-93-96(92,95-89(3-5-90)4-6-91)94-8-2-10(37,38)12(41,42)14(45,46)16(49,50)18(53,54)20(57,58)23(63,64)25(67,68)27(71,72)29(75,76)31(79,80)33(83,84)85/h90-91H,1-8H2. The Morgan fingerprint density at radius 2 is 0.365 bits per heavy atom. The summed E-state index contributed by atoms with van der Waals surface area (Å²) in [4.78, 5) is 0. The van der Waals surface area contributed by atoms with Crippen molar-refractivity contribution in [3.8, 4) is 0 Å². The van der Waals surface area contributed by atoms with Gasteiger partial charge in [-0.2, -0.15) is 247 Å². The molecule has 0 saturated carbocycles. The number of aliphatic hydroxyl groups excluding tert-OH is 2. The molecule has 2 N–H and O–H groups in total. The number of hydroxylamine groups is 2. The van der Waals surface area contributed by atoms with Gasteiger partial charge in [0.05, 0.1) is 26.4 Å². The largest absolute Gasteiger partial charge is 0.491 e. The van der Waals surface area contributed by atoms with Crippen LogP contribution in [0.3, 0.4) is 0 Å². The van der Waals surface area contributed by atoms with E-state index >= 15 is 0 Å². The van der Waals surface area contributed by atoms with Gasteiger partial charge in [0.15, 0.2) is 0 Å². The van der Waals surface area contributed by atoms with Crippen molar-refractivity contribution in [2.24, 2.45) is 0 Å². The maximum Gasteiger partial charge on any atom is 0.491 e. The molecule has 0 aromatic heterocycles. The van der Waals surface area contributed by atoms with Gasteiger partial charge in [0.1, 0.15) is 0 Å². The molecular weight excluding hydrogens is 1580 g/mol. The van der Waals surface area contributed by atoms with E-state index in [0.717, 1.165) is 0 Å². The molecule has 0 fully saturated rings. The zero-order valence-corrected chi connectivity index (χ0v) is 43.4. The van der Waals surface area contributed by atoms with Crippen LogP contribution in [-0.4, -0.2) is 209 Å². The van der Waals surface area contributed by atoms with E-state index in [2.05, 4.69) is 13.7 Å². The first kappa shape index (κ1) is 92.2. The quantitative estimate of drug-likeness (QED) is 0.0367. The van der Waals surface area contributed by atoms with E-state index in [1.165, 1.54) is 0 Å². The molecule has 62 heteroatoms. The first-order valence-electron chi connectivity index (χ1n) is 21.7. The minimum atomic E-state index is -10.4. The van der Waals surface area contributed by atoms with Crippen LogP contribution in [0.1, 0.15) is 12.8 Å². The number of phosphoric acid groups is 1. The lowest BCUT2D eigenvalue weighted by Crippen LogP contribution is -2.79. The van der Waals surface area contributed by atoms with Crippen LogP contribution in [0.2, 0.25) is 0 Å². The fourth-order valence-corrected chi connectivity index (χ4v) is 7.14. The Hall–Kier alpha value is -3.79. The van der Waals surface area contributed by atoms with Crippen molar-refractivity contribution in [2.45, 2.75) is 167 Å². The van der Waals surface area contributed by atoms with Gasteiger partial charge in [0, 0.05) is 25.9 Å². The minimum Gasteiger partial charge on any atom is -0.395 e. The molecule has 0 aliphatic rings. The van der Waals surface area contributed by atoms with Gasteiger partial charge in [0.25, 0.3) is 0 Å². The second kappa shape index (κ2) is 25.0. The molecule has 0 saturated heterocycles. The maximum absolute atomic E-state index is 14.6. The third kappa shape index (κ3) is 12.5. The molecule has 0 bridgehead atoms. The lowest BCUT2D eigenvalue weighted by atomic mass is 9.83. The lowest BCUT2D eigenvalue weighted by Gasteiger charge is -2.46. The average molecular weight is 1590 g/mol. The fraction of sp³-hybridized carbons (Fsp3) is 1.00. The molecule has 0 aliphatic heterocycles. The SMILES string of the molecule is O=P(OCCC(F)(F)C(F)(F)C(F)(F)C(F)(F)C(F)(F)C(F)(F)C(F)(F)C(F)(F)C(F)(F)C(F)(F)C(F)(F)C(F)(F)F)(OCCC(F)(F)C(F)(F)C(F)(F)C(F)(F)C(F)(F)C(F)(F)C(F)(F)C(F)(F)C(F)(F)C(F)(F)C(F)(F)C(F)(F)C(F)(F)C(F)(F)F)ON(CCO)CCO. The first-order valence-corrected chi connectivity index (χ1v) is 23.1. The van der Waals surface area contributed by atoms with Gasteiger partial charge in [-0.3, -0.25) is 9.05 Å². The summed E-state index contributed by atoms with van der Waals surface area (Å²) in [6.45, 7) is -14.1. The Balaban J connectivity index is 7.63. The molecule has 0 aromatic rings.